The molecule has 1 amide bonds. The van der Waals surface area contributed by atoms with Gasteiger partial charge in [-0.15, -0.1) is 0 Å². The predicted octanol–water partition coefficient (Wildman–Crippen LogP) is 3.29. The first kappa shape index (κ1) is 22.7. The van der Waals surface area contributed by atoms with E-state index >= 15 is 0 Å². The highest BCUT2D eigenvalue weighted by Gasteiger charge is 2.26. The summed E-state index contributed by atoms with van der Waals surface area (Å²) in [5.74, 6) is -3.00. The van der Waals surface area contributed by atoms with Gasteiger partial charge in [-0.2, -0.15) is 0 Å². The summed E-state index contributed by atoms with van der Waals surface area (Å²) in [5.41, 5.74) is 5.38. The second-order valence-corrected chi connectivity index (χ2v) is 7.60. The zero-order valence-electron chi connectivity index (χ0n) is 17.9. The van der Waals surface area contributed by atoms with E-state index in [-0.39, 0.29) is 30.2 Å². The number of nitrogens with two attached hydrogens (primary N) is 1. The Morgan fingerprint density at radius 3 is 2.03 bits per heavy atom. The maximum Gasteiger partial charge on any atom is 0.330 e. The number of benzene rings is 3. The van der Waals surface area contributed by atoms with Gasteiger partial charge in [0.05, 0.1) is 13.1 Å². The molecule has 1 heterocycles. The number of nitrogens with one attached hydrogen (secondary N) is 1. The SMILES string of the molecule is Nc1c(N(Cc2ccccc2)C(=O)c2cc(F)cc(F)c2)c(=O)[nH]c(=O)n1Cc1ccccc1. The molecule has 0 aliphatic carbocycles. The summed E-state index contributed by atoms with van der Waals surface area (Å²) in [4.78, 5) is 42.0. The van der Waals surface area contributed by atoms with Crippen molar-refractivity contribution in [1.82, 2.24) is 9.55 Å². The fourth-order valence-electron chi connectivity index (χ4n) is 3.61. The molecule has 0 radical (unpaired) electrons. The van der Waals surface area contributed by atoms with Crippen molar-refractivity contribution in [2.75, 3.05) is 10.6 Å². The molecule has 3 aromatic carbocycles. The van der Waals surface area contributed by atoms with Gasteiger partial charge in [-0.05, 0) is 23.3 Å². The van der Waals surface area contributed by atoms with Crippen LogP contribution < -0.4 is 21.9 Å². The first-order chi connectivity index (χ1) is 16.3. The highest BCUT2D eigenvalue weighted by Crippen LogP contribution is 2.23. The van der Waals surface area contributed by atoms with Crippen LogP contribution in [-0.4, -0.2) is 15.5 Å². The van der Waals surface area contributed by atoms with Crippen LogP contribution in [0.5, 0.6) is 0 Å². The topological polar surface area (TPSA) is 101 Å². The highest BCUT2D eigenvalue weighted by atomic mass is 19.1. The van der Waals surface area contributed by atoms with Gasteiger partial charge in [0, 0.05) is 11.6 Å². The summed E-state index contributed by atoms with van der Waals surface area (Å²) in [7, 11) is 0. The van der Waals surface area contributed by atoms with E-state index in [0.717, 1.165) is 27.2 Å². The van der Waals surface area contributed by atoms with E-state index in [0.29, 0.717) is 11.6 Å². The number of aromatic amines is 1. The first-order valence-corrected chi connectivity index (χ1v) is 10.3. The number of carbonyl (C=O) groups is 1. The molecule has 0 spiro atoms. The molecular formula is C25H20F2N4O3. The normalized spacial score (nSPS) is 10.8. The molecule has 0 aliphatic heterocycles. The van der Waals surface area contributed by atoms with Gasteiger partial charge in [-0.25, -0.2) is 13.6 Å². The Hall–Kier alpha value is -4.53. The standard InChI is InChI=1S/C25H20F2N4O3/c26-19-11-18(12-20(27)13-19)24(33)30(14-16-7-3-1-4-8-16)21-22(28)31(25(34)29-23(21)32)15-17-9-5-2-6-10-17/h1-13H,14-15,28H2,(H,29,32,34). The molecule has 34 heavy (non-hydrogen) atoms. The number of nitrogen functional groups attached to an aromatic ring is 1. The third-order valence-electron chi connectivity index (χ3n) is 5.21. The van der Waals surface area contributed by atoms with Crippen LogP contribution in [0.2, 0.25) is 0 Å². The quantitative estimate of drug-likeness (QED) is 0.459. The number of rotatable bonds is 6. The van der Waals surface area contributed by atoms with Gasteiger partial charge in [-0.1, -0.05) is 60.7 Å². The Morgan fingerprint density at radius 2 is 1.44 bits per heavy atom. The Labute approximate surface area is 192 Å². The first-order valence-electron chi connectivity index (χ1n) is 10.3. The number of nitrogens with zero attached hydrogens (tertiary/aromatic N) is 2. The van der Waals surface area contributed by atoms with Gasteiger partial charge in [-0.3, -0.25) is 24.0 Å². The monoisotopic (exact) mass is 462 g/mol. The Kier molecular flexibility index (Phi) is 6.35. The fourth-order valence-corrected chi connectivity index (χ4v) is 3.61. The lowest BCUT2D eigenvalue weighted by Gasteiger charge is -2.25. The van der Waals surface area contributed by atoms with Gasteiger partial charge < -0.3 is 5.73 Å². The van der Waals surface area contributed by atoms with Gasteiger partial charge in [0.25, 0.3) is 11.5 Å². The van der Waals surface area contributed by atoms with Gasteiger partial charge in [0.2, 0.25) is 0 Å². The van der Waals surface area contributed by atoms with E-state index in [9.17, 15) is 23.2 Å². The average Bonchev–Trinajstić information content (AvgIpc) is 2.81. The van der Waals surface area contributed by atoms with E-state index in [2.05, 4.69) is 4.98 Å². The molecule has 3 N–H and O–H groups in total. The minimum Gasteiger partial charge on any atom is -0.383 e. The van der Waals surface area contributed by atoms with Gasteiger partial charge >= 0.3 is 5.69 Å². The number of halogens is 2. The van der Waals surface area contributed by atoms with Gasteiger partial charge in [0.1, 0.15) is 17.5 Å². The third kappa shape index (κ3) is 4.78. The molecule has 0 aliphatic rings. The van der Waals surface area contributed by atoms with E-state index in [1.807, 2.05) is 6.07 Å². The van der Waals surface area contributed by atoms with Crippen LogP contribution in [0.25, 0.3) is 0 Å². The van der Waals surface area contributed by atoms with E-state index < -0.39 is 28.8 Å². The van der Waals surface area contributed by atoms with Gasteiger partial charge in [0.15, 0.2) is 5.69 Å². The third-order valence-corrected chi connectivity index (χ3v) is 5.21. The zero-order chi connectivity index (χ0) is 24.2. The molecule has 4 rings (SSSR count). The number of amides is 1. The van der Waals surface area contributed by atoms with E-state index in [1.54, 1.807) is 54.6 Å². The molecule has 0 fully saturated rings. The molecule has 0 atom stereocenters. The second kappa shape index (κ2) is 9.53. The molecule has 0 bridgehead atoms. The maximum absolute atomic E-state index is 13.9. The average molecular weight is 462 g/mol. The lowest BCUT2D eigenvalue weighted by molar-refractivity contribution is 0.0984. The number of aromatic nitrogens is 2. The van der Waals surface area contributed by atoms with Crippen LogP contribution >= 0.6 is 0 Å². The summed E-state index contributed by atoms with van der Waals surface area (Å²) in [6.07, 6.45) is 0. The van der Waals surface area contributed by atoms with Crippen molar-refractivity contribution < 1.29 is 13.6 Å². The van der Waals surface area contributed by atoms with E-state index in [1.165, 1.54) is 0 Å². The zero-order valence-corrected chi connectivity index (χ0v) is 17.9. The number of carbonyl (C=O) groups excluding carboxylic acids is 1. The smallest absolute Gasteiger partial charge is 0.330 e. The maximum atomic E-state index is 13.9. The summed E-state index contributed by atoms with van der Waals surface area (Å²) >= 11 is 0. The second-order valence-electron chi connectivity index (χ2n) is 7.60. The van der Waals surface area contributed by atoms with Crippen LogP contribution in [-0.2, 0) is 13.1 Å². The Morgan fingerprint density at radius 1 is 0.882 bits per heavy atom. The Bertz CT molecular complexity index is 1430. The molecule has 9 heteroatoms. The minimum absolute atomic E-state index is 0.0389. The van der Waals surface area contributed by atoms with Crippen LogP contribution in [0.4, 0.5) is 20.3 Å². The number of hydrogen-bond donors (Lipinski definition) is 2. The summed E-state index contributed by atoms with van der Waals surface area (Å²) in [6, 6.07) is 20.0. The molecule has 1 aromatic heterocycles. The van der Waals surface area contributed by atoms with Crippen molar-refractivity contribution in [1.29, 1.82) is 0 Å². The van der Waals surface area contributed by atoms with Crippen LogP contribution in [0.1, 0.15) is 21.5 Å². The highest BCUT2D eigenvalue weighted by molar-refractivity contribution is 6.07. The lowest BCUT2D eigenvalue weighted by Crippen LogP contribution is -2.41. The van der Waals surface area contributed by atoms with Crippen molar-refractivity contribution in [3.05, 3.63) is 128 Å². The molecule has 7 nitrogen and oxygen atoms in total. The fraction of sp³-hybridized carbons (Fsp3) is 0.0800. The molecule has 0 saturated carbocycles. The molecule has 0 unspecified atom stereocenters. The van der Waals surface area contributed by atoms with Crippen molar-refractivity contribution >= 4 is 17.4 Å². The largest absolute Gasteiger partial charge is 0.383 e. The summed E-state index contributed by atoms with van der Waals surface area (Å²) in [6.45, 7) is -0.0914. The molecular weight excluding hydrogens is 442 g/mol. The van der Waals surface area contributed by atoms with Crippen LogP contribution in [0.15, 0.2) is 88.5 Å². The van der Waals surface area contributed by atoms with Crippen molar-refractivity contribution in [3.8, 4) is 0 Å². The number of H-pyrrole nitrogens is 1. The lowest BCUT2D eigenvalue weighted by atomic mass is 10.1. The molecule has 4 aromatic rings. The van der Waals surface area contributed by atoms with Crippen molar-refractivity contribution in [2.45, 2.75) is 13.1 Å². The van der Waals surface area contributed by atoms with Crippen LogP contribution in [0, 0.1) is 11.6 Å². The molecule has 0 saturated heterocycles. The summed E-state index contributed by atoms with van der Waals surface area (Å²) in [5, 5.41) is 0. The number of anilines is 2. The Balaban J connectivity index is 1.87. The summed E-state index contributed by atoms with van der Waals surface area (Å²) < 4.78 is 28.8. The van der Waals surface area contributed by atoms with Crippen LogP contribution in [0.3, 0.4) is 0 Å². The van der Waals surface area contributed by atoms with Crippen molar-refractivity contribution in [3.63, 3.8) is 0 Å². The minimum atomic E-state index is -0.945. The van der Waals surface area contributed by atoms with Crippen molar-refractivity contribution in [2.24, 2.45) is 0 Å². The predicted molar refractivity (Wildman–Crippen MR) is 125 cm³/mol. The number of hydrogen-bond acceptors (Lipinski definition) is 4. The molecule has 172 valence electrons. The van der Waals surface area contributed by atoms with E-state index in [4.69, 9.17) is 5.73 Å².